The Morgan fingerprint density at radius 3 is 2.27 bits per heavy atom. The molecule has 0 atom stereocenters. The summed E-state index contributed by atoms with van der Waals surface area (Å²) < 4.78 is 72.7. The van der Waals surface area contributed by atoms with Crippen molar-refractivity contribution in [1.82, 2.24) is 9.78 Å². The Hall–Kier alpha value is -2.10. The van der Waals surface area contributed by atoms with E-state index in [1.54, 1.807) is 0 Å². The first-order valence-corrected chi connectivity index (χ1v) is 7.54. The zero-order valence-electron chi connectivity index (χ0n) is 11.0. The number of hydrogen-bond donors (Lipinski definition) is 1. The van der Waals surface area contributed by atoms with E-state index in [2.05, 4.69) is 10.4 Å². The maximum Gasteiger partial charge on any atom is 0.341 e. The first kappa shape index (κ1) is 16.3. The van der Waals surface area contributed by atoms with Crippen molar-refractivity contribution in [3.8, 4) is 0 Å². The topological polar surface area (TPSA) is 64.0 Å². The van der Waals surface area contributed by atoms with Crippen molar-refractivity contribution in [3.63, 3.8) is 0 Å². The molecule has 0 saturated carbocycles. The average Bonchev–Trinajstić information content (AvgIpc) is 2.85. The largest absolute Gasteiger partial charge is 0.341 e. The predicted octanol–water partition coefficient (Wildman–Crippen LogP) is 2.89. The molecule has 0 unspecified atom stereocenters. The van der Waals surface area contributed by atoms with Crippen LogP contribution in [-0.4, -0.2) is 30.4 Å². The third-order valence-corrected chi connectivity index (χ3v) is 4.05. The number of aromatic nitrogens is 2. The maximum absolute atomic E-state index is 12.4. The fraction of sp³-hybridized carbons (Fsp3) is 0.250. The second kappa shape index (κ2) is 6.34. The molecule has 0 saturated heterocycles. The van der Waals surface area contributed by atoms with Crippen LogP contribution >= 0.6 is 0 Å². The summed E-state index contributed by atoms with van der Waals surface area (Å²) in [6.45, 7) is -0.548. The van der Waals surface area contributed by atoms with Crippen molar-refractivity contribution < 1.29 is 26.0 Å². The highest BCUT2D eigenvalue weighted by atomic mass is 32.2. The van der Waals surface area contributed by atoms with Gasteiger partial charge < -0.3 is 5.32 Å². The molecule has 1 aromatic carbocycles. The summed E-state index contributed by atoms with van der Waals surface area (Å²) in [5.41, 5.74) is 0.385. The Labute approximate surface area is 123 Å². The highest BCUT2D eigenvalue weighted by Gasteiger charge is 2.26. The Kier molecular flexibility index (Phi) is 4.69. The summed E-state index contributed by atoms with van der Waals surface area (Å²) in [7, 11) is -4.64. The number of alkyl halides is 4. The summed E-state index contributed by atoms with van der Waals surface area (Å²) in [5.74, 6) is -3.22. The Morgan fingerprint density at radius 2 is 1.73 bits per heavy atom. The van der Waals surface area contributed by atoms with Crippen LogP contribution in [-0.2, 0) is 16.4 Å². The molecule has 1 heterocycles. The van der Waals surface area contributed by atoms with Crippen molar-refractivity contribution >= 4 is 21.3 Å². The molecule has 0 aliphatic carbocycles. The molecule has 1 N–H and O–H groups in total. The SMILES string of the molecule is O=S(=O)(c1ccc(Nc2ccn(CC(F)F)n2)cc1)C(F)F. The monoisotopic (exact) mass is 337 g/mol. The quantitative estimate of drug-likeness (QED) is 0.823. The van der Waals surface area contributed by atoms with Gasteiger partial charge in [-0.3, -0.25) is 4.68 Å². The van der Waals surface area contributed by atoms with E-state index in [4.69, 9.17) is 0 Å². The molecule has 2 rings (SSSR count). The van der Waals surface area contributed by atoms with E-state index in [-0.39, 0.29) is 5.82 Å². The lowest BCUT2D eigenvalue weighted by molar-refractivity contribution is 0.122. The van der Waals surface area contributed by atoms with Crippen LogP contribution in [0.25, 0.3) is 0 Å². The van der Waals surface area contributed by atoms with Crippen molar-refractivity contribution in [2.45, 2.75) is 23.6 Å². The molecule has 5 nitrogen and oxygen atoms in total. The number of anilines is 2. The van der Waals surface area contributed by atoms with Gasteiger partial charge in [-0.05, 0) is 24.3 Å². The van der Waals surface area contributed by atoms with Gasteiger partial charge in [0.15, 0.2) is 5.82 Å². The normalized spacial score (nSPS) is 12.1. The van der Waals surface area contributed by atoms with E-state index in [0.29, 0.717) is 5.69 Å². The van der Waals surface area contributed by atoms with Crippen LogP contribution in [0.3, 0.4) is 0 Å². The molecule has 0 spiro atoms. The lowest BCUT2D eigenvalue weighted by atomic mass is 10.3. The molecule has 22 heavy (non-hydrogen) atoms. The molecule has 10 heteroatoms. The van der Waals surface area contributed by atoms with Gasteiger partial charge in [0, 0.05) is 18.0 Å². The summed E-state index contributed by atoms with van der Waals surface area (Å²) >= 11 is 0. The first-order valence-electron chi connectivity index (χ1n) is 6.00. The number of nitrogens with zero attached hydrogens (tertiary/aromatic N) is 2. The van der Waals surface area contributed by atoms with Crippen LogP contribution in [0.5, 0.6) is 0 Å². The zero-order chi connectivity index (χ0) is 16.3. The number of nitrogens with one attached hydrogen (secondary N) is 1. The van der Waals surface area contributed by atoms with Gasteiger partial charge in [0.2, 0.25) is 9.84 Å². The molecule has 0 aliphatic heterocycles. The molecule has 0 fully saturated rings. The fourth-order valence-electron chi connectivity index (χ4n) is 1.65. The molecule has 0 bridgehead atoms. The molecule has 2 aromatic rings. The summed E-state index contributed by atoms with van der Waals surface area (Å²) in [4.78, 5) is -0.503. The first-order chi connectivity index (χ1) is 10.3. The van der Waals surface area contributed by atoms with E-state index < -0.39 is 33.5 Å². The third kappa shape index (κ3) is 3.75. The minimum Gasteiger partial charge on any atom is -0.339 e. The number of sulfone groups is 1. The van der Waals surface area contributed by atoms with Crippen molar-refractivity contribution in [1.29, 1.82) is 0 Å². The van der Waals surface area contributed by atoms with E-state index in [0.717, 1.165) is 16.8 Å². The smallest absolute Gasteiger partial charge is 0.339 e. The third-order valence-electron chi connectivity index (χ3n) is 2.66. The van der Waals surface area contributed by atoms with Gasteiger partial charge in [0.1, 0.15) is 6.54 Å². The summed E-state index contributed by atoms with van der Waals surface area (Å²) in [6.07, 6.45) is -1.18. The highest BCUT2D eigenvalue weighted by Crippen LogP contribution is 2.21. The van der Waals surface area contributed by atoms with Crippen molar-refractivity contribution in [2.75, 3.05) is 5.32 Å². The Morgan fingerprint density at radius 1 is 1.09 bits per heavy atom. The minimum absolute atomic E-state index is 0.269. The number of benzene rings is 1. The number of halogens is 4. The van der Waals surface area contributed by atoms with Crippen LogP contribution in [0, 0.1) is 0 Å². The van der Waals surface area contributed by atoms with E-state index in [1.807, 2.05) is 0 Å². The summed E-state index contributed by atoms with van der Waals surface area (Å²) in [6, 6.07) is 6.06. The van der Waals surface area contributed by atoms with Crippen LogP contribution in [0.4, 0.5) is 29.1 Å². The van der Waals surface area contributed by atoms with Crippen molar-refractivity contribution in [3.05, 3.63) is 36.5 Å². The second-order valence-corrected chi connectivity index (χ2v) is 6.19. The Bertz CT molecular complexity index is 729. The van der Waals surface area contributed by atoms with Gasteiger partial charge in [-0.2, -0.15) is 13.9 Å². The lowest BCUT2D eigenvalue weighted by Gasteiger charge is -2.06. The zero-order valence-corrected chi connectivity index (χ0v) is 11.8. The predicted molar refractivity (Wildman–Crippen MR) is 71.1 cm³/mol. The average molecular weight is 337 g/mol. The molecular weight excluding hydrogens is 326 g/mol. The van der Waals surface area contributed by atoms with Crippen molar-refractivity contribution in [2.24, 2.45) is 0 Å². The molecular formula is C12H11F4N3O2S. The standard InChI is InChI=1S/C12H11F4N3O2S/c13-10(14)7-19-6-5-11(18-19)17-8-1-3-9(4-2-8)22(20,21)12(15)16/h1-6,10,12H,7H2,(H,17,18). The molecule has 120 valence electrons. The summed E-state index contributed by atoms with van der Waals surface area (Å²) in [5, 5.41) is 6.58. The highest BCUT2D eigenvalue weighted by molar-refractivity contribution is 7.91. The molecule has 0 aliphatic rings. The van der Waals surface area contributed by atoms with Gasteiger partial charge in [0.25, 0.3) is 6.43 Å². The van der Waals surface area contributed by atoms with Crippen LogP contribution in [0.15, 0.2) is 41.4 Å². The maximum atomic E-state index is 12.4. The Balaban J connectivity index is 2.10. The molecule has 1 aromatic heterocycles. The van der Waals surface area contributed by atoms with E-state index >= 15 is 0 Å². The lowest BCUT2D eigenvalue weighted by Crippen LogP contribution is -2.11. The van der Waals surface area contributed by atoms with E-state index in [1.165, 1.54) is 24.4 Å². The van der Waals surface area contributed by atoms with Crippen LogP contribution in [0.1, 0.15) is 0 Å². The van der Waals surface area contributed by atoms with E-state index in [9.17, 15) is 26.0 Å². The van der Waals surface area contributed by atoms with Crippen LogP contribution in [0.2, 0.25) is 0 Å². The van der Waals surface area contributed by atoms with Gasteiger partial charge >= 0.3 is 5.76 Å². The fourth-order valence-corrected chi connectivity index (χ4v) is 2.37. The van der Waals surface area contributed by atoms with Gasteiger partial charge in [-0.1, -0.05) is 0 Å². The second-order valence-electron chi connectivity index (χ2n) is 4.27. The van der Waals surface area contributed by atoms with Crippen LogP contribution < -0.4 is 5.32 Å². The number of hydrogen-bond acceptors (Lipinski definition) is 4. The number of rotatable bonds is 6. The molecule has 0 radical (unpaired) electrons. The molecule has 0 amide bonds. The van der Waals surface area contributed by atoms with Gasteiger partial charge in [-0.25, -0.2) is 17.2 Å². The van der Waals surface area contributed by atoms with Gasteiger partial charge in [0.05, 0.1) is 4.90 Å². The van der Waals surface area contributed by atoms with Gasteiger partial charge in [-0.15, -0.1) is 0 Å². The minimum atomic E-state index is -4.64.